The Bertz CT molecular complexity index is 836. The van der Waals surface area contributed by atoms with Gasteiger partial charge in [-0.2, -0.15) is 0 Å². The summed E-state index contributed by atoms with van der Waals surface area (Å²) in [6, 6.07) is 3.81. The molecule has 0 radical (unpaired) electrons. The topological polar surface area (TPSA) is 60.7 Å². The lowest BCUT2D eigenvalue weighted by molar-refractivity contribution is -0.116. The predicted molar refractivity (Wildman–Crippen MR) is 100 cm³/mol. The quantitative estimate of drug-likeness (QED) is 0.533. The van der Waals surface area contributed by atoms with Gasteiger partial charge in [0.1, 0.15) is 5.78 Å². The Kier molecular flexibility index (Phi) is 5.60. The summed E-state index contributed by atoms with van der Waals surface area (Å²) in [5.41, 5.74) is 3.39. The number of ketones is 1. The zero-order valence-corrected chi connectivity index (χ0v) is 15.0. The molecule has 25 heavy (non-hydrogen) atoms. The molecule has 5 nitrogen and oxygen atoms in total. The molecule has 0 aliphatic heterocycles. The SMILES string of the molecule is C=CCn1c(SCC(=O)CC2=CC=C(C)C2)nnc1-c1cccnc1. The van der Waals surface area contributed by atoms with E-state index in [2.05, 4.69) is 40.8 Å². The van der Waals surface area contributed by atoms with Crippen molar-refractivity contribution in [2.45, 2.75) is 31.5 Å². The van der Waals surface area contributed by atoms with Crippen molar-refractivity contribution in [3.05, 3.63) is 60.5 Å². The van der Waals surface area contributed by atoms with E-state index in [1.54, 1.807) is 18.5 Å². The molecule has 0 amide bonds. The van der Waals surface area contributed by atoms with E-state index in [0.717, 1.165) is 23.0 Å². The van der Waals surface area contributed by atoms with Gasteiger partial charge in [0.25, 0.3) is 0 Å². The minimum absolute atomic E-state index is 0.204. The van der Waals surface area contributed by atoms with Gasteiger partial charge in [-0.15, -0.1) is 16.8 Å². The Hall–Kier alpha value is -2.47. The van der Waals surface area contributed by atoms with Crippen LogP contribution in [0.5, 0.6) is 0 Å². The van der Waals surface area contributed by atoms with Crippen molar-refractivity contribution in [1.29, 1.82) is 0 Å². The van der Waals surface area contributed by atoms with Crippen LogP contribution in [0.1, 0.15) is 19.8 Å². The summed E-state index contributed by atoms with van der Waals surface area (Å²) in [6.07, 6.45) is 10.8. The summed E-state index contributed by atoms with van der Waals surface area (Å²) in [7, 11) is 0. The fraction of sp³-hybridized carbons (Fsp3) is 0.263. The van der Waals surface area contributed by atoms with Crippen molar-refractivity contribution < 1.29 is 4.79 Å². The van der Waals surface area contributed by atoms with E-state index in [9.17, 15) is 4.79 Å². The molecule has 2 heterocycles. The van der Waals surface area contributed by atoms with Crippen LogP contribution in [0.15, 0.2) is 65.6 Å². The number of rotatable bonds is 8. The number of thioether (sulfide) groups is 1. The van der Waals surface area contributed by atoms with Gasteiger partial charge in [-0.05, 0) is 25.5 Å². The van der Waals surface area contributed by atoms with E-state index in [1.807, 2.05) is 16.7 Å². The number of pyridine rings is 1. The summed E-state index contributed by atoms with van der Waals surface area (Å²) in [6.45, 7) is 6.47. The summed E-state index contributed by atoms with van der Waals surface area (Å²) >= 11 is 1.42. The number of carbonyl (C=O) groups is 1. The first-order valence-corrected chi connectivity index (χ1v) is 9.10. The van der Waals surface area contributed by atoms with Gasteiger partial charge in [-0.1, -0.05) is 41.1 Å². The monoisotopic (exact) mass is 352 g/mol. The third kappa shape index (κ3) is 4.33. The Morgan fingerprint density at radius 2 is 2.28 bits per heavy atom. The van der Waals surface area contributed by atoms with Crippen molar-refractivity contribution >= 4 is 17.5 Å². The maximum Gasteiger partial charge on any atom is 0.192 e. The van der Waals surface area contributed by atoms with Crippen LogP contribution in [0.4, 0.5) is 0 Å². The Labute approximate surface area is 151 Å². The van der Waals surface area contributed by atoms with Gasteiger partial charge in [-0.25, -0.2) is 0 Å². The maximum atomic E-state index is 12.3. The number of aromatic nitrogens is 4. The highest BCUT2D eigenvalue weighted by molar-refractivity contribution is 7.99. The summed E-state index contributed by atoms with van der Waals surface area (Å²) in [4.78, 5) is 16.4. The van der Waals surface area contributed by atoms with E-state index >= 15 is 0 Å². The van der Waals surface area contributed by atoms with Crippen molar-refractivity contribution in [2.75, 3.05) is 5.75 Å². The molecule has 0 N–H and O–H groups in total. The number of Topliss-reactive ketones (excluding diaryl/α,β-unsaturated/α-hetero) is 1. The fourth-order valence-electron chi connectivity index (χ4n) is 2.70. The van der Waals surface area contributed by atoms with Crippen molar-refractivity contribution in [3.8, 4) is 11.4 Å². The molecule has 0 aromatic carbocycles. The van der Waals surface area contributed by atoms with Gasteiger partial charge >= 0.3 is 0 Å². The maximum absolute atomic E-state index is 12.3. The van der Waals surface area contributed by atoms with E-state index in [1.165, 1.54) is 22.9 Å². The van der Waals surface area contributed by atoms with Crippen molar-refractivity contribution in [3.63, 3.8) is 0 Å². The van der Waals surface area contributed by atoms with Crippen LogP contribution in [0.3, 0.4) is 0 Å². The fourth-order valence-corrected chi connectivity index (χ4v) is 3.51. The van der Waals surface area contributed by atoms with Gasteiger partial charge in [0, 0.05) is 30.9 Å². The second-order valence-electron chi connectivity index (χ2n) is 5.97. The summed E-state index contributed by atoms with van der Waals surface area (Å²) in [5.74, 6) is 1.33. The molecule has 1 aliphatic rings. The normalized spacial score (nSPS) is 13.5. The average molecular weight is 352 g/mol. The van der Waals surface area contributed by atoms with E-state index in [-0.39, 0.29) is 5.78 Å². The van der Waals surface area contributed by atoms with Crippen molar-refractivity contribution in [1.82, 2.24) is 19.7 Å². The van der Waals surface area contributed by atoms with Crippen LogP contribution < -0.4 is 0 Å². The highest BCUT2D eigenvalue weighted by Gasteiger charge is 2.16. The molecule has 3 rings (SSSR count). The Morgan fingerprint density at radius 3 is 2.96 bits per heavy atom. The minimum Gasteiger partial charge on any atom is -0.298 e. The van der Waals surface area contributed by atoms with E-state index in [0.29, 0.717) is 18.7 Å². The zero-order valence-electron chi connectivity index (χ0n) is 14.2. The molecule has 0 unspecified atom stereocenters. The lowest BCUT2D eigenvalue weighted by Gasteiger charge is -2.07. The molecule has 0 saturated carbocycles. The van der Waals surface area contributed by atoms with Gasteiger partial charge in [-0.3, -0.25) is 14.3 Å². The second kappa shape index (κ2) is 8.07. The van der Waals surface area contributed by atoms with Gasteiger partial charge in [0.2, 0.25) is 0 Å². The highest BCUT2D eigenvalue weighted by atomic mass is 32.2. The summed E-state index contributed by atoms with van der Waals surface area (Å²) < 4.78 is 1.96. The molecule has 6 heteroatoms. The average Bonchev–Trinajstić information content (AvgIpc) is 3.20. The lowest BCUT2D eigenvalue weighted by Crippen LogP contribution is -2.05. The third-order valence-corrected chi connectivity index (χ3v) is 4.87. The molecule has 128 valence electrons. The molecule has 2 aromatic rings. The zero-order chi connectivity index (χ0) is 17.6. The standard InChI is InChI=1S/C19H20N4OS/c1-3-9-23-18(16-5-4-8-20-12-16)21-22-19(23)25-13-17(24)11-15-7-6-14(2)10-15/h3-8,12H,1,9-11,13H2,2H3. The number of carbonyl (C=O) groups excluding carboxylic acids is 1. The lowest BCUT2D eigenvalue weighted by atomic mass is 10.1. The molecule has 2 aromatic heterocycles. The van der Waals surface area contributed by atoms with E-state index in [4.69, 9.17) is 0 Å². The molecule has 0 bridgehead atoms. The molecule has 1 aliphatic carbocycles. The first kappa shape index (κ1) is 17.4. The van der Waals surface area contributed by atoms with Gasteiger partial charge in [0.15, 0.2) is 11.0 Å². The molecular formula is C19H20N4OS. The number of hydrogen-bond acceptors (Lipinski definition) is 5. The third-order valence-electron chi connectivity index (χ3n) is 3.84. The second-order valence-corrected chi connectivity index (χ2v) is 6.91. The first-order valence-electron chi connectivity index (χ1n) is 8.11. The Balaban J connectivity index is 1.67. The smallest absolute Gasteiger partial charge is 0.192 e. The number of hydrogen-bond donors (Lipinski definition) is 0. The largest absolute Gasteiger partial charge is 0.298 e. The minimum atomic E-state index is 0.204. The van der Waals surface area contributed by atoms with Crippen LogP contribution >= 0.6 is 11.8 Å². The summed E-state index contributed by atoms with van der Waals surface area (Å²) in [5, 5.41) is 9.24. The molecule has 0 atom stereocenters. The Morgan fingerprint density at radius 1 is 1.40 bits per heavy atom. The molecular weight excluding hydrogens is 332 g/mol. The molecule has 0 spiro atoms. The highest BCUT2D eigenvalue weighted by Crippen LogP contribution is 2.25. The van der Waals surface area contributed by atoms with Gasteiger partial charge in [0.05, 0.1) is 5.75 Å². The van der Waals surface area contributed by atoms with Crippen LogP contribution in [-0.4, -0.2) is 31.3 Å². The molecule has 0 fully saturated rings. The van der Waals surface area contributed by atoms with E-state index < -0.39 is 0 Å². The van der Waals surface area contributed by atoms with Crippen molar-refractivity contribution in [2.24, 2.45) is 0 Å². The number of allylic oxidation sites excluding steroid dienone is 5. The molecule has 0 saturated heterocycles. The van der Waals surface area contributed by atoms with Gasteiger partial charge < -0.3 is 0 Å². The predicted octanol–water partition coefficient (Wildman–Crippen LogP) is 3.85. The number of nitrogens with zero attached hydrogens (tertiary/aromatic N) is 4. The van der Waals surface area contributed by atoms with Crippen LogP contribution in [0, 0.1) is 0 Å². The first-order chi connectivity index (χ1) is 12.2. The van der Waals surface area contributed by atoms with Crippen LogP contribution in [-0.2, 0) is 11.3 Å². The van der Waals surface area contributed by atoms with Crippen LogP contribution in [0.2, 0.25) is 0 Å². The van der Waals surface area contributed by atoms with Crippen LogP contribution in [0.25, 0.3) is 11.4 Å².